The minimum atomic E-state index is -4.55. The van der Waals surface area contributed by atoms with Gasteiger partial charge in [0, 0.05) is 18.7 Å². The van der Waals surface area contributed by atoms with Crippen LogP contribution in [0.15, 0.2) is 103 Å². The molecule has 0 fully saturated rings. The minimum Gasteiger partial charge on any atom is -0.494 e. The normalized spacial score (nSPS) is 11.9. The Labute approximate surface area is 231 Å². The van der Waals surface area contributed by atoms with Gasteiger partial charge in [-0.25, -0.2) is 0 Å². The number of hydrogen-bond acceptors (Lipinski definition) is 3. The van der Waals surface area contributed by atoms with E-state index >= 15 is 0 Å². The first-order valence-electron chi connectivity index (χ1n) is 12.6. The van der Waals surface area contributed by atoms with Crippen LogP contribution >= 0.6 is 11.6 Å². The van der Waals surface area contributed by atoms with Crippen molar-refractivity contribution in [2.75, 3.05) is 13.2 Å². The maximum Gasteiger partial charge on any atom is 0.417 e. The molecule has 0 saturated carbocycles. The lowest BCUT2D eigenvalue weighted by molar-refractivity contribution is -0.137. The molecule has 0 saturated heterocycles. The molecule has 39 heavy (non-hydrogen) atoms. The smallest absolute Gasteiger partial charge is 0.417 e. The molecular formula is C32H29ClF3NO2. The molecule has 0 unspecified atom stereocenters. The standard InChI is InChI=1S/C32H29ClF3NO2/c1-31(26-11-4-2-5-12-26,27-13-6-3-7-14-27)37(20-9-21-39-28-18-16-24(23-38)17-19-28)22-25-10-8-15-29(30(25)33)32(34,35)36/h2-8,10-19,23H,9,20-22H2,1H3. The second-order valence-corrected chi connectivity index (χ2v) is 9.77. The Morgan fingerprint density at radius 1 is 0.821 bits per heavy atom. The van der Waals surface area contributed by atoms with E-state index in [0.717, 1.165) is 23.5 Å². The molecule has 0 aliphatic rings. The summed E-state index contributed by atoms with van der Waals surface area (Å²) in [5.74, 6) is 0.641. The van der Waals surface area contributed by atoms with Gasteiger partial charge in [0.1, 0.15) is 12.0 Å². The van der Waals surface area contributed by atoms with E-state index in [0.29, 0.717) is 36.4 Å². The number of halogens is 4. The Hall–Kier alpha value is -3.61. The van der Waals surface area contributed by atoms with Gasteiger partial charge in [0.2, 0.25) is 0 Å². The van der Waals surface area contributed by atoms with Gasteiger partial charge in [-0.05, 0) is 60.4 Å². The van der Waals surface area contributed by atoms with Crippen LogP contribution in [-0.4, -0.2) is 24.3 Å². The molecule has 202 valence electrons. The zero-order chi connectivity index (χ0) is 27.9. The highest BCUT2D eigenvalue weighted by Gasteiger charge is 2.37. The van der Waals surface area contributed by atoms with Gasteiger partial charge in [-0.15, -0.1) is 0 Å². The summed E-state index contributed by atoms with van der Waals surface area (Å²) < 4.78 is 46.9. The van der Waals surface area contributed by atoms with Crippen LogP contribution in [0, 0.1) is 0 Å². The molecular weight excluding hydrogens is 523 g/mol. The van der Waals surface area contributed by atoms with E-state index < -0.39 is 17.3 Å². The van der Waals surface area contributed by atoms with E-state index in [1.54, 1.807) is 30.3 Å². The second-order valence-electron chi connectivity index (χ2n) is 9.39. The molecule has 0 aliphatic carbocycles. The number of rotatable bonds is 11. The molecule has 3 nitrogen and oxygen atoms in total. The Bertz CT molecular complexity index is 1320. The topological polar surface area (TPSA) is 29.5 Å². The zero-order valence-electron chi connectivity index (χ0n) is 21.5. The van der Waals surface area contributed by atoms with E-state index in [2.05, 4.69) is 11.8 Å². The summed E-state index contributed by atoms with van der Waals surface area (Å²) in [7, 11) is 0. The lowest BCUT2D eigenvalue weighted by atomic mass is 9.82. The monoisotopic (exact) mass is 551 g/mol. The van der Waals surface area contributed by atoms with Gasteiger partial charge in [0.25, 0.3) is 0 Å². The maximum atomic E-state index is 13.7. The number of alkyl halides is 3. The summed E-state index contributed by atoms with van der Waals surface area (Å²) >= 11 is 6.35. The van der Waals surface area contributed by atoms with Crippen LogP contribution in [0.3, 0.4) is 0 Å². The van der Waals surface area contributed by atoms with Gasteiger partial charge in [-0.1, -0.05) is 84.4 Å². The minimum absolute atomic E-state index is 0.192. The quantitative estimate of drug-likeness (QED) is 0.138. The third kappa shape index (κ3) is 6.70. The van der Waals surface area contributed by atoms with Crippen molar-refractivity contribution in [3.05, 3.63) is 136 Å². The first-order valence-corrected chi connectivity index (χ1v) is 13.0. The van der Waals surface area contributed by atoms with Gasteiger partial charge in [-0.3, -0.25) is 9.69 Å². The summed E-state index contributed by atoms with van der Waals surface area (Å²) in [6.07, 6.45) is -3.18. The number of benzene rings is 4. The van der Waals surface area contributed by atoms with E-state index in [1.165, 1.54) is 6.07 Å². The van der Waals surface area contributed by atoms with Crippen LogP contribution in [0.4, 0.5) is 13.2 Å². The Morgan fingerprint density at radius 3 is 1.95 bits per heavy atom. The van der Waals surface area contributed by atoms with Crippen LogP contribution in [-0.2, 0) is 18.3 Å². The number of aldehydes is 1. The third-order valence-corrected chi connectivity index (χ3v) is 7.35. The van der Waals surface area contributed by atoms with Gasteiger partial charge >= 0.3 is 6.18 Å². The van der Waals surface area contributed by atoms with E-state index in [9.17, 15) is 18.0 Å². The molecule has 0 atom stereocenters. The number of hydrogen-bond donors (Lipinski definition) is 0. The molecule has 0 radical (unpaired) electrons. The molecule has 4 aromatic carbocycles. The zero-order valence-corrected chi connectivity index (χ0v) is 22.3. The fraction of sp³-hybridized carbons (Fsp3) is 0.219. The van der Waals surface area contributed by atoms with Crippen molar-refractivity contribution < 1.29 is 22.7 Å². The molecule has 0 heterocycles. The van der Waals surface area contributed by atoms with Crippen molar-refractivity contribution in [2.45, 2.75) is 31.6 Å². The van der Waals surface area contributed by atoms with Crippen LogP contribution in [0.5, 0.6) is 5.75 Å². The first kappa shape index (κ1) is 28.4. The molecule has 0 N–H and O–H groups in total. The van der Waals surface area contributed by atoms with Gasteiger partial charge < -0.3 is 4.74 Å². The molecule has 0 spiro atoms. The second kappa shape index (κ2) is 12.5. The highest BCUT2D eigenvalue weighted by atomic mass is 35.5. The fourth-order valence-electron chi connectivity index (χ4n) is 4.73. The van der Waals surface area contributed by atoms with E-state index in [4.69, 9.17) is 16.3 Å². The molecule has 0 aliphatic heterocycles. The number of carbonyl (C=O) groups excluding carboxylic acids is 1. The van der Waals surface area contributed by atoms with Crippen molar-refractivity contribution >= 4 is 17.9 Å². The van der Waals surface area contributed by atoms with Crippen LogP contribution in [0.2, 0.25) is 5.02 Å². The lowest BCUT2D eigenvalue weighted by Gasteiger charge is -2.43. The predicted molar refractivity (Wildman–Crippen MR) is 148 cm³/mol. The maximum absolute atomic E-state index is 13.7. The van der Waals surface area contributed by atoms with Crippen molar-refractivity contribution in [3.63, 3.8) is 0 Å². The number of ether oxygens (including phenoxy) is 1. The summed E-state index contributed by atoms with van der Waals surface area (Å²) in [4.78, 5) is 13.1. The SMILES string of the molecule is CC(c1ccccc1)(c1ccccc1)N(CCCOc1ccc(C=O)cc1)Cc1cccc(C(F)(F)F)c1Cl. The molecule has 0 amide bonds. The summed E-state index contributed by atoms with van der Waals surface area (Å²) in [6.45, 7) is 3.17. The molecule has 4 rings (SSSR count). The molecule has 0 aromatic heterocycles. The Balaban J connectivity index is 1.67. The van der Waals surface area contributed by atoms with Crippen molar-refractivity contribution in [1.29, 1.82) is 0 Å². The van der Waals surface area contributed by atoms with Gasteiger partial charge in [0.15, 0.2) is 0 Å². The number of nitrogens with zero attached hydrogens (tertiary/aromatic N) is 1. The largest absolute Gasteiger partial charge is 0.494 e. The average Bonchev–Trinajstić information content (AvgIpc) is 2.95. The fourth-order valence-corrected chi connectivity index (χ4v) is 5.03. The highest BCUT2D eigenvalue weighted by molar-refractivity contribution is 6.32. The average molecular weight is 552 g/mol. The van der Waals surface area contributed by atoms with E-state index in [-0.39, 0.29) is 11.6 Å². The Morgan fingerprint density at radius 2 is 1.41 bits per heavy atom. The van der Waals surface area contributed by atoms with E-state index in [1.807, 2.05) is 60.7 Å². The first-order chi connectivity index (χ1) is 18.7. The predicted octanol–water partition coefficient (Wildman–Crippen LogP) is 8.41. The van der Waals surface area contributed by atoms with Crippen molar-refractivity contribution in [1.82, 2.24) is 4.90 Å². The summed E-state index contributed by atoms with van der Waals surface area (Å²) in [5.41, 5.74) is 1.45. The summed E-state index contributed by atoms with van der Waals surface area (Å²) in [5, 5.41) is -0.287. The Kier molecular flexibility index (Phi) is 9.10. The molecule has 4 aromatic rings. The van der Waals surface area contributed by atoms with Gasteiger partial charge in [0.05, 0.1) is 22.7 Å². The lowest BCUT2D eigenvalue weighted by Crippen LogP contribution is -2.45. The number of carbonyl (C=O) groups is 1. The molecule has 0 bridgehead atoms. The van der Waals surface area contributed by atoms with Crippen molar-refractivity contribution in [3.8, 4) is 5.75 Å². The van der Waals surface area contributed by atoms with Crippen LogP contribution in [0.1, 0.15) is 46.0 Å². The van der Waals surface area contributed by atoms with Crippen LogP contribution in [0.25, 0.3) is 0 Å². The third-order valence-electron chi connectivity index (χ3n) is 6.91. The molecule has 7 heteroatoms. The van der Waals surface area contributed by atoms with Crippen molar-refractivity contribution in [2.24, 2.45) is 0 Å². The van der Waals surface area contributed by atoms with Crippen LogP contribution < -0.4 is 4.74 Å². The highest BCUT2D eigenvalue weighted by Crippen LogP contribution is 2.40. The summed E-state index contributed by atoms with van der Waals surface area (Å²) in [6, 6.07) is 30.7. The van der Waals surface area contributed by atoms with Gasteiger partial charge in [-0.2, -0.15) is 13.2 Å².